The van der Waals surface area contributed by atoms with Gasteiger partial charge in [-0.15, -0.1) is 0 Å². The Labute approximate surface area is 243 Å². The molecule has 3 amide bonds. The fraction of sp³-hybridized carbons (Fsp3) is 0.323. The molecule has 0 aromatic heterocycles. The Bertz CT molecular complexity index is 1330. The van der Waals surface area contributed by atoms with E-state index in [1.165, 1.54) is 17.0 Å². The van der Waals surface area contributed by atoms with Crippen molar-refractivity contribution in [3.8, 4) is 0 Å². The SMILES string of the molecule is CC(Cc1ccc(N(CCN)C(=O)CN)cc1)C(=O)NC(CCc1ccccc1)C(=O)Nc1cccc(C(F)(F)F)c1. The molecule has 3 aromatic carbocycles. The van der Waals surface area contributed by atoms with Crippen molar-refractivity contribution in [3.05, 3.63) is 95.6 Å². The van der Waals surface area contributed by atoms with Gasteiger partial charge in [0.2, 0.25) is 17.7 Å². The highest BCUT2D eigenvalue weighted by Crippen LogP contribution is 2.30. The van der Waals surface area contributed by atoms with Crippen molar-refractivity contribution in [2.75, 3.05) is 29.9 Å². The maximum absolute atomic E-state index is 13.2. The molecular weight excluding hydrogens is 547 g/mol. The van der Waals surface area contributed by atoms with Crippen molar-refractivity contribution >= 4 is 29.1 Å². The molecule has 0 aliphatic heterocycles. The fourth-order valence-corrected chi connectivity index (χ4v) is 4.44. The Kier molecular flexibility index (Phi) is 11.6. The van der Waals surface area contributed by atoms with Crippen molar-refractivity contribution in [3.63, 3.8) is 0 Å². The number of nitrogens with two attached hydrogens (primary N) is 2. The van der Waals surface area contributed by atoms with Crippen LogP contribution in [0.1, 0.15) is 30.0 Å². The van der Waals surface area contributed by atoms with Gasteiger partial charge in [-0.05, 0) is 60.7 Å². The first-order chi connectivity index (χ1) is 20.0. The number of hydrogen-bond donors (Lipinski definition) is 4. The Morgan fingerprint density at radius 3 is 2.19 bits per heavy atom. The molecule has 0 radical (unpaired) electrons. The topological polar surface area (TPSA) is 131 Å². The number of hydrogen-bond acceptors (Lipinski definition) is 5. The third-order valence-electron chi connectivity index (χ3n) is 6.72. The monoisotopic (exact) mass is 583 g/mol. The molecule has 224 valence electrons. The summed E-state index contributed by atoms with van der Waals surface area (Å²) in [6.45, 7) is 2.17. The lowest BCUT2D eigenvalue weighted by Crippen LogP contribution is -2.46. The summed E-state index contributed by atoms with van der Waals surface area (Å²) in [5.74, 6) is -1.77. The van der Waals surface area contributed by atoms with Gasteiger partial charge in [-0.3, -0.25) is 14.4 Å². The zero-order chi connectivity index (χ0) is 30.7. The van der Waals surface area contributed by atoms with Gasteiger partial charge in [0.15, 0.2) is 0 Å². The van der Waals surface area contributed by atoms with E-state index in [9.17, 15) is 27.6 Å². The van der Waals surface area contributed by atoms with E-state index in [1.807, 2.05) is 30.3 Å². The molecule has 2 unspecified atom stereocenters. The molecule has 3 aromatic rings. The van der Waals surface area contributed by atoms with Crippen LogP contribution in [0, 0.1) is 5.92 Å². The van der Waals surface area contributed by atoms with Crippen molar-refractivity contribution in [2.45, 2.75) is 38.4 Å². The summed E-state index contributed by atoms with van der Waals surface area (Å²) in [5.41, 5.74) is 12.7. The van der Waals surface area contributed by atoms with E-state index in [4.69, 9.17) is 11.5 Å². The van der Waals surface area contributed by atoms with E-state index in [0.29, 0.717) is 25.1 Å². The number of nitrogens with one attached hydrogen (secondary N) is 2. The number of carbonyl (C=O) groups excluding carboxylic acids is 3. The van der Waals surface area contributed by atoms with Gasteiger partial charge in [0, 0.05) is 30.4 Å². The van der Waals surface area contributed by atoms with Crippen LogP contribution in [-0.2, 0) is 33.4 Å². The number of halogens is 3. The van der Waals surface area contributed by atoms with Gasteiger partial charge in [-0.25, -0.2) is 0 Å². The first kappa shape index (κ1) is 32.3. The van der Waals surface area contributed by atoms with Crippen molar-refractivity contribution in [1.29, 1.82) is 0 Å². The third-order valence-corrected chi connectivity index (χ3v) is 6.72. The van der Waals surface area contributed by atoms with E-state index in [-0.39, 0.29) is 37.0 Å². The zero-order valence-corrected chi connectivity index (χ0v) is 23.4. The maximum atomic E-state index is 13.2. The molecule has 8 nitrogen and oxygen atoms in total. The molecule has 11 heteroatoms. The summed E-state index contributed by atoms with van der Waals surface area (Å²) < 4.78 is 39.5. The largest absolute Gasteiger partial charge is 0.416 e. The highest BCUT2D eigenvalue weighted by Gasteiger charge is 2.31. The molecule has 3 rings (SSSR count). The summed E-state index contributed by atoms with van der Waals surface area (Å²) in [6, 6.07) is 19.9. The van der Waals surface area contributed by atoms with Gasteiger partial charge in [0.05, 0.1) is 12.1 Å². The van der Waals surface area contributed by atoms with Gasteiger partial charge in [0.25, 0.3) is 0 Å². The zero-order valence-electron chi connectivity index (χ0n) is 23.4. The van der Waals surface area contributed by atoms with Crippen molar-refractivity contribution in [2.24, 2.45) is 17.4 Å². The maximum Gasteiger partial charge on any atom is 0.416 e. The third kappa shape index (κ3) is 9.42. The van der Waals surface area contributed by atoms with E-state index < -0.39 is 29.6 Å². The van der Waals surface area contributed by atoms with Crippen LogP contribution in [0.2, 0.25) is 0 Å². The van der Waals surface area contributed by atoms with Gasteiger partial charge in [0.1, 0.15) is 6.04 Å². The molecule has 0 saturated heterocycles. The average molecular weight is 584 g/mol. The second kappa shape index (κ2) is 15.1. The standard InChI is InChI=1S/C31H36F3N5O3/c1-21(18-23-10-13-26(14-11-23)39(17-16-35)28(40)20-36)29(41)38-27(15-12-22-6-3-2-4-7-22)30(42)37-25-9-5-8-24(19-25)31(32,33)34/h2-11,13-14,19,21,27H,12,15-18,20,35-36H2,1H3,(H,37,42)(H,38,41). The number of rotatable bonds is 13. The Morgan fingerprint density at radius 2 is 1.57 bits per heavy atom. The molecule has 2 atom stereocenters. The predicted octanol–water partition coefficient (Wildman–Crippen LogP) is 3.89. The highest BCUT2D eigenvalue weighted by atomic mass is 19.4. The molecule has 0 spiro atoms. The van der Waals surface area contributed by atoms with Crippen molar-refractivity contribution in [1.82, 2.24) is 5.32 Å². The minimum atomic E-state index is -4.56. The quantitative estimate of drug-likeness (QED) is 0.243. The molecular formula is C31H36F3N5O3. The normalized spacial score (nSPS) is 12.7. The Morgan fingerprint density at radius 1 is 0.881 bits per heavy atom. The number of carbonyl (C=O) groups is 3. The van der Waals surface area contributed by atoms with E-state index in [1.54, 1.807) is 31.2 Å². The number of amides is 3. The van der Waals surface area contributed by atoms with E-state index in [2.05, 4.69) is 10.6 Å². The van der Waals surface area contributed by atoms with Crippen LogP contribution < -0.4 is 27.0 Å². The molecule has 0 bridgehead atoms. The van der Waals surface area contributed by atoms with Gasteiger partial charge < -0.3 is 27.0 Å². The summed E-state index contributed by atoms with van der Waals surface area (Å²) in [5, 5.41) is 5.31. The summed E-state index contributed by atoms with van der Waals surface area (Å²) in [6.07, 6.45) is -3.49. The minimum Gasteiger partial charge on any atom is -0.344 e. The Hall–Kier alpha value is -4.22. The highest BCUT2D eigenvalue weighted by molar-refractivity contribution is 5.97. The van der Waals surface area contributed by atoms with Crippen LogP contribution in [-0.4, -0.2) is 43.4 Å². The van der Waals surface area contributed by atoms with E-state index in [0.717, 1.165) is 23.3 Å². The number of alkyl halides is 3. The number of anilines is 2. The van der Waals surface area contributed by atoms with Crippen LogP contribution >= 0.6 is 0 Å². The molecule has 6 N–H and O–H groups in total. The first-order valence-electron chi connectivity index (χ1n) is 13.6. The van der Waals surface area contributed by atoms with Crippen molar-refractivity contribution < 1.29 is 27.6 Å². The molecule has 0 aliphatic carbocycles. The molecule has 0 saturated carbocycles. The summed E-state index contributed by atoms with van der Waals surface area (Å²) >= 11 is 0. The fourth-order valence-electron chi connectivity index (χ4n) is 4.44. The van der Waals surface area contributed by atoms with Crippen LogP contribution in [0.5, 0.6) is 0 Å². The lowest BCUT2D eigenvalue weighted by molar-refractivity contribution is -0.137. The number of aryl methyl sites for hydroxylation is 1. The minimum absolute atomic E-state index is 0.0151. The molecule has 0 fully saturated rings. The van der Waals surface area contributed by atoms with Crippen LogP contribution in [0.25, 0.3) is 0 Å². The summed E-state index contributed by atoms with van der Waals surface area (Å²) in [4.78, 5) is 40.0. The Balaban J connectivity index is 1.70. The average Bonchev–Trinajstić information content (AvgIpc) is 2.98. The van der Waals surface area contributed by atoms with E-state index >= 15 is 0 Å². The number of nitrogens with zero attached hydrogens (tertiary/aromatic N) is 1. The molecule has 0 aliphatic rings. The van der Waals surface area contributed by atoms with Crippen LogP contribution in [0.3, 0.4) is 0 Å². The molecule has 42 heavy (non-hydrogen) atoms. The lowest BCUT2D eigenvalue weighted by atomic mass is 9.98. The second-order valence-electron chi connectivity index (χ2n) is 9.96. The second-order valence-corrected chi connectivity index (χ2v) is 9.96. The van der Waals surface area contributed by atoms with Crippen LogP contribution in [0.15, 0.2) is 78.9 Å². The predicted molar refractivity (Wildman–Crippen MR) is 157 cm³/mol. The van der Waals surface area contributed by atoms with Crippen LogP contribution in [0.4, 0.5) is 24.5 Å². The lowest BCUT2D eigenvalue weighted by Gasteiger charge is -2.23. The molecule has 0 heterocycles. The summed E-state index contributed by atoms with van der Waals surface area (Å²) in [7, 11) is 0. The smallest absolute Gasteiger partial charge is 0.344 e. The first-order valence-corrected chi connectivity index (χ1v) is 13.6. The van der Waals surface area contributed by atoms with Gasteiger partial charge in [-0.2, -0.15) is 13.2 Å². The van der Waals surface area contributed by atoms with Gasteiger partial charge in [-0.1, -0.05) is 55.5 Å². The van der Waals surface area contributed by atoms with Gasteiger partial charge >= 0.3 is 6.18 Å². The number of benzene rings is 3.